The fourth-order valence-electron chi connectivity index (χ4n) is 4.01. The summed E-state index contributed by atoms with van der Waals surface area (Å²) < 4.78 is 5.86. The zero-order valence-electron chi connectivity index (χ0n) is 18.3. The number of furan rings is 1. The molecular formula is C28H14Cl2N2O4. The first-order valence-electron chi connectivity index (χ1n) is 10.7. The van der Waals surface area contributed by atoms with E-state index in [0.717, 1.165) is 0 Å². The van der Waals surface area contributed by atoms with Crippen molar-refractivity contribution in [1.29, 1.82) is 5.26 Å². The Balaban J connectivity index is 1.48. The number of nitriles is 1. The number of amides is 1. The van der Waals surface area contributed by atoms with Crippen molar-refractivity contribution in [2.24, 2.45) is 0 Å². The predicted molar refractivity (Wildman–Crippen MR) is 136 cm³/mol. The topological polar surface area (TPSA) is 100 Å². The molecule has 1 aliphatic rings. The highest BCUT2D eigenvalue weighted by Gasteiger charge is 2.32. The van der Waals surface area contributed by atoms with Crippen LogP contribution in [0.3, 0.4) is 0 Å². The normalized spacial score (nSPS) is 12.5. The molecule has 8 heteroatoms. The lowest BCUT2D eigenvalue weighted by Crippen LogP contribution is -2.21. The maximum absolute atomic E-state index is 13.3. The molecule has 1 heterocycles. The van der Waals surface area contributed by atoms with E-state index in [9.17, 15) is 19.6 Å². The zero-order valence-corrected chi connectivity index (χ0v) is 19.9. The number of benzene rings is 3. The molecule has 5 rings (SSSR count). The van der Waals surface area contributed by atoms with Crippen LogP contribution in [0.15, 0.2) is 82.8 Å². The lowest BCUT2D eigenvalue weighted by molar-refractivity contribution is -0.112. The molecule has 0 aliphatic heterocycles. The summed E-state index contributed by atoms with van der Waals surface area (Å²) in [5.41, 5.74) is 1.70. The van der Waals surface area contributed by atoms with Crippen LogP contribution in [-0.2, 0) is 4.79 Å². The zero-order chi connectivity index (χ0) is 25.4. The van der Waals surface area contributed by atoms with E-state index in [1.807, 2.05) is 6.07 Å². The minimum atomic E-state index is -0.700. The second-order valence-electron chi connectivity index (χ2n) is 7.86. The molecule has 4 aromatic rings. The molecule has 0 saturated heterocycles. The molecule has 0 spiro atoms. The first kappa shape index (κ1) is 23.3. The van der Waals surface area contributed by atoms with E-state index in [0.29, 0.717) is 28.0 Å². The van der Waals surface area contributed by atoms with Crippen LogP contribution in [0.2, 0.25) is 10.0 Å². The van der Waals surface area contributed by atoms with Gasteiger partial charge in [-0.1, -0.05) is 71.7 Å². The molecule has 0 unspecified atom stereocenters. The van der Waals surface area contributed by atoms with Gasteiger partial charge in [-0.25, -0.2) is 0 Å². The fraction of sp³-hybridized carbons (Fsp3) is 0. The SMILES string of the molecule is N#CC(=Cc1ccc(-c2cccc3c2C(=O)c2ccccc2C3=O)o1)C(=O)Nc1cccc(Cl)c1Cl. The van der Waals surface area contributed by atoms with Crippen molar-refractivity contribution in [2.45, 2.75) is 0 Å². The van der Waals surface area contributed by atoms with Gasteiger partial charge < -0.3 is 9.73 Å². The smallest absolute Gasteiger partial charge is 0.266 e. The van der Waals surface area contributed by atoms with Gasteiger partial charge in [0.05, 0.1) is 15.7 Å². The number of fused-ring (bicyclic) bond motifs is 2. The molecule has 1 N–H and O–H groups in total. The van der Waals surface area contributed by atoms with E-state index in [2.05, 4.69) is 5.32 Å². The molecule has 3 aromatic carbocycles. The summed E-state index contributed by atoms with van der Waals surface area (Å²) in [6.45, 7) is 0. The minimum Gasteiger partial charge on any atom is -0.457 e. The second kappa shape index (κ2) is 9.31. The Kier molecular flexibility index (Phi) is 6.03. The van der Waals surface area contributed by atoms with Crippen LogP contribution in [0.4, 0.5) is 5.69 Å². The van der Waals surface area contributed by atoms with Crippen LogP contribution in [0, 0.1) is 11.3 Å². The van der Waals surface area contributed by atoms with Crippen molar-refractivity contribution in [2.75, 3.05) is 5.32 Å². The number of nitrogens with one attached hydrogen (secondary N) is 1. The average Bonchev–Trinajstić information content (AvgIpc) is 3.36. The third-order valence-electron chi connectivity index (χ3n) is 5.70. The molecule has 1 aliphatic carbocycles. The van der Waals surface area contributed by atoms with E-state index in [1.54, 1.807) is 72.8 Å². The molecule has 1 aromatic heterocycles. The maximum atomic E-state index is 13.3. The average molecular weight is 513 g/mol. The molecule has 0 radical (unpaired) electrons. The largest absolute Gasteiger partial charge is 0.457 e. The van der Waals surface area contributed by atoms with E-state index < -0.39 is 5.91 Å². The summed E-state index contributed by atoms with van der Waals surface area (Å²) in [5.74, 6) is -0.693. The Morgan fingerprint density at radius 3 is 2.25 bits per heavy atom. The van der Waals surface area contributed by atoms with Crippen LogP contribution >= 0.6 is 23.2 Å². The predicted octanol–water partition coefficient (Wildman–Crippen LogP) is 6.57. The molecule has 174 valence electrons. The summed E-state index contributed by atoms with van der Waals surface area (Å²) in [5, 5.41) is 12.5. The Hall–Kier alpha value is -4.44. The van der Waals surface area contributed by atoms with E-state index in [1.165, 1.54) is 6.08 Å². The quantitative estimate of drug-likeness (QED) is 0.216. The van der Waals surface area contributed by atoms with E-state index in [-0.39, 0.29) is 44.2 Å². The lowest BCUT2D eigenvalue weighted by atomic mass is 9.81. The number of carbonyl (C=O) groups excluding carboxylic acids is 3. The van der Waals surface area contributed by atoms with Crippen LogP contribution in [0.25, 0.3) is 17.4 Å². The Bertz CT molecular complexity index is 1660. The highest BCUT2D eigenvalue weighted by atomic mass is 35.5. The van der Waals surface area contributed by atoms with Crippen molar-refractivity contribution in [3.63, 3.8) is 0 Å². The number of rotatable bonds is 4. The minimum absolute atomic E-state index is 0.153. The van der Waals surface area contributed by atoms with Gasteiger partial charge >= 0.3 is 0 Å². The van der Waals surface area contributed by atoms with Gasteiger partial charge in [-0.2, -0.15) is 5.26 Å². The van der Waals surface area contributed by atoms with Crippen molar-refractivity contribution >= 4 is 52.4 Å². The molecular weight excluding hydrogens is 499 g/mol. The highest BCUT2D eigenvalue weighted by Crippen LogP contribution is 2.35. The highest BCUT2D eigenvalue weighted by molar-refractivity contribution is 6.44. The maximum Gasteiger partial charge on any atom is 0.266 e. The van der Waals surface area contributed by atoms with Gasteiger partial charge in [0.1, 0.15) is 23.2 Å². The first-order valence-corrected chi connectivity index (χ1v) is 11.4. The summed E-state index contributed by atoms with van der Waals surface area (Å²) in [6.07, 6.45) is 1.27. The molecule has 6 nitrogen and oxygen atoms in total. The van der Waals surface area contributed by atoms with Gasteiger partial charge in [-0.15, -0.1) is 0 Å². The Morgan fingerprint density at radius 1 is 0.833 bits per heavy atom. The van der Waals surface area contributed by atoms with E-state index >= 15 is 0 Å². The van der Waals surface area contributed by atoms with Crippen molar-refractivity contribution in [3.8, 4) is 17.4 Å². The second-order valence-corrected chi connectivity index (χ2v) is 8.64. The van der Waals surface area contributed by atoms with Crippen molar-refractivity contribution in [1.82, 2.24) is 0 Å². The Morgan fingerprint density at radius 2 is 1.50 bits per heavy atom. The lowest BCUT2D eigenvalue weighted by Gasteiger charge is -2.19. The van der Waals surface area contributed by atoms with Gasteiger partial charge in [-0.05, 0) is 24.3 Å². The number of ketones is 2. The third-order valence-corrected chi connectivity index (χ3v) is 6.52. The van der Waals surface area contributed by atoms with Crippen molar-refractivity contribution < 1.29 is 18.8 Å². The molecule has 0 atom stereocenters. The van der Waals surface area contributed by atoms with Crippen molar-refractivity contribution in [3.05, 3.63) is 116 Å². The number of hydrogen-bond acceptors (Lipinski definition) is 5. The third kappa shape index (κ3) is 4.01. The van der Waals surface area contributed by atoms with Gasteiger partial charge in [0.25, 0.3) is 5.91 Å². The number of anilines is 1. The van der Waals surface area contributed by atoms with E-state index in [4.69, 9.17) is 27.6 Å². The summed E-state index contributed by atoms with van der Waals surface area (Å²) in [7, 11) is 0. The standard InChI is InChI=1S/C28H14Cl2N2O4/c29-21-9-4-10-22(25(21)30)32-28(35)15(14-31)13-16-11-12-23(36-16)19-7-3-8-20-24(19)27(34)18-6-2-1-5-17(18)26(20)33/h1-13H,(H,32,35). The number of carbonyl (C=O) groups is 3. The molecule has 1 amide bonds. The van der Waals surface area contributed by atoms with Gasteiger partial charge in [-0.3, -0.25) is 14.4 Å². The molecule has 0 bridgehead atoms. The summed E-state index contributed by atoms with van der Waals surface area (Å²) in [4.78, 5) is 38.9. The van der Waals surface area contributed by atoms with Crippen LogP contribution in [0.5, 0.6) is 0 Å². The van der Waals surface area contributed by atoms with Crippen LogP contribution in [0.1, 0.15) is 37.6 Å². The number of hydrogen-bond donors (Lipinski definition) is 1. The van der Waals surface area contributed by atoms with Gasteiger partial charge in [0.2, 0.25) is 0 Å². The van der Waals surface area contributed by atoms with Gasteiger partial charge in [0, 0.05) is 33.9 Å². The Labute approximate surface area is 215 Å². The monoisotopic (exact) mass is 512 g/mol. The van der Waals surface area contributed by atoms with Crippen LogP contribution < -0.4 is 5.32 Å². The number of halogens is 2. The first-order chi connectivity index (χ1) is 17.4. The molecule has 0 saturated carbocycles. The molecule has 0 fully saturated rings. The fourth-order valence-corrected chi connectivity index (χ4v) is 4.35. The summed E-state index contributed by atoms with van der Waals surface area (Å²) >= 11 is 12.1. The number of nitrogens with zero attached hydrogens (tertiary/aromatic N) is 1. The van der Waals surface area contributed by atoms with Crippen LogP contribution in [-0.4, -0.2) is 17.5 Å². The summed E-state index contributed by atoms with van der Waals surface area (Å²) in [6, 6.07) is 21.4. The molecule has 36 heavy (non-hydrogen) atoms. The van der Waals surface area contributed by atoms with Gasteiger partial charge in [0.15, 0.2) is 11.6 Å².